The van der Waals surface area contributed by atoms with Gasteiger partial charge in [-0.2, -0.15) is 0 Å². The summed E-state index contributed by atoms with van der Waals surface area (Å²) in [7, 11) is -2.90. The van der Waals surface area contributed by atoms with Crippen molar-refractivity contribution in [3.63, 3.8) is 0 Å². The van der Waals surface area contributed by atoms with Gasteiger partial charge in [0.1, 0.15) is 5.75 Å². The molecule has 0 N–H and O–H groups in total. The monoisotopic (exact) mass is 424 g/mol. The Hall–Kier alpha value is -2.13. The average Bonchev–Trinajstić information content (AvgIpc) is 3.06. The average molecular weight is 425 g/mol. The van der Waals surface area contributed by atoms with Crippen LogP contribution in [0.4, 0.5) is 0 Å². The molecule has 1 amide bonds. The van der Waals surface area contributed by atoms with Crippen LogP contribution >= 0.6 is 0 Å². The number of carbonyl (C=O) groups is 2. The first-order chi connectivity index (χ1) is 13.7. The minimum atomic E-state index is -2.90. The van der Waals surface area contributed by atoms with Crippen molar-refractivity contribution in [3.8, 4) is 5.75 Å². The second-order valence-electron chi connectivity index (χ2n) is 7.74. The minimum Gasteiger partial charge on any atom is -0.484 e. The first kappa shape index (κ1) is 21.6. The van der Waals surface area contributed by atoms with E-state index in [1.807, 2.05) is 0 Å². The maximum Gasteiger partial charge on any atom is 0.338 e. The maximum absolute atomic E-state index is 12.4. The van der Waals surface area contributed by atoms with Crippen LogP contribution in [0.5, 0.6) is 5.75 Å². The fourth-order valence-electron chi connectivity index (χ4n) is 3.61. The van der Waals surface area contributed by atoms with Crippen LogP contribution in [0.1, 0.15) is 30.6 Å². The number of esters is 1. The highest BCUT2D eigenvalue weighted by Crippen LogP contribution is 2.19. The lowest BCUT2D eigenvalue weighted by Crippen LogP contribution is -2.53. The molecule has 8 nitrogen and oxygen atoms in total. The summed E-state index contributed by atoms with van der Waals surface area (Å²) >= 11 is 0. The Morgan fingerprint density at radius 2 is 1.76 bits per heavy atom. The highest BCUT2D eigenvalue weighted by molar-refractivity contribution is 7.91. The fourth-order valence-corrected chi connectivity index (χ4v) is 5.37. The standard InChI is InChI=1S/C20H28N2O6S/c1-15(2)28-20(24)16-3-5-18(6-4-16)27-13-19(23)22-10-8-21(9-11-22)17-7-12-29(25,26)14-17/h3-6,15,17H,7-14H2,1-2H3. The predicted molar refractivity (Wildman–Crippen MR) is 108 cm³/mol. The van der Waals surface area contributed by atoms with Crippen LogP contribution in [0.3, 0.4) is 0 Å². The van der Waals surface area contributed by atoms with Gasteiger partial charge < -0.3 is 14.4 Å². The highest BCUT2D eigenvalue weighted by Gasteiger charge is 2.34. The number of benzene rings is 1. The molecule has 2 aliphatic heterocycles. The van der Waals surface area contributed by atoms with Crippen LogP contribution < -0.4 is 4.74 Å². The van der Waals surface area contributed by atoms with E-state index in [2.05, 4.69) is 4.90 Å². The van der Waals surface area contributed by atoms with Crippen LogP contribution in [-0.4, -0.2) is 86.5 Å². The first-order valence-electron chi connectivity index (χ1n) is 9.89. The SMILES string of the molecule is CC(C)OC(=O)c1ccc(OCC(=O)N2CCN(C3CCS(=O)(=O)C3)CC2)cc1. The van der Waals surface area contributed by atoms with Crippen molar-refractivity contribution in [1.82, 2.24) is 9.80 Å². The van der Waals surface area contributed by atoms with E-state index in [-0.39, 0.29) is 36.2 Å². The third-order valence-corrected chi connectivity index (χ3v) is 6.94. The van der Waals surface area contributed by atoms with Gasteiger partial charge in [-0.15, -0.1) is 0 Å². The summed E-state index contributed by atoms with van der Waals surface area (Å²) in [5.74, 6) is 0.500. The van der Waals surface area contributed by atoms with Crippen LogP contribution in [0.15, 0.2) is 24.3 Å². The van der Waals surface area contributed by atoms with Crippen LogP contribution in [0.25, 0.3) is 0 Å². The minimum absolute atomic E-state index is 0.0758. The Morgan fingerprint density at radius 1 is 1.10 bits per heavy atom. The van der Waals surface area contributed by atoms with Crippen LogP contribution in [0, 0.1) is 0 Å². The lowest BCUT2D eigenvalue weighted by molar-refractivity contribution is -0.135. The van der Waals surface area contributed by atoms with Gasteiger partial charge in [0.05, 0.1) is 23.2 Å². The number of ether oxygens (including phenoxy) is 2. The van der Waals surface area contributed by atoms with E-state index in [0.717, 1.165) is 0 Å². The molecular formula is C20H28N2O6S. The predicted octanol–water partition coefficient (Wildman–Crippen LogP) is 0.962. The van der Waals surface area contributed by atoms with E-state index in [1.54, 1.807) is 43.0 Å². The summed E-state index contributed by atoms with van der Waals surface area (Å²) in [6.45, 7) is 6.00. The third kappa shape index (κ3) is 5.93. The summed E-state index contributed by atoms with van der Waals surface area (Å²) in [5.41, 5.74) is 0.433. The van der Waals surface area contributed by atoms with Crippen molar-refractivity contribution in [2.75, 3.05) is 44.3 Å². The summed E-state index contributed by atoms with van der Waals surface area (Å²) in [5, 5.41) is 0. The Kier molecular flexibility index (Phi) is 6.79. The number of carbonyl (C=O) groups excluding carboxylic acids is 2. The van der Waals surface area contributed by atoms with Crippen LogP contribution in [-0.2, 0) is 19.4 Å². The summed E-state index contributed by atoms with van der Waals surface area (Å²) in [6, 6.07) is 6.58. The van der Waals surface area contributed by atoms with Gasteiger partial charge in [0.15, 0.2) is 16.4 Å². The number of hydrogen-bond acceptors (Lipinski definition) is 7. The van der Waals surface area contributed by atoms with Gasteiger partial charge in [-0.3, -0.25) is 9.69 Å². The Morgan fingerprint density at radius 3 is 2.31 bits per heavy atom. The molecule has 160 valence electrons. The highest BCUT2D eigenvalue weighted by atomic mass is 32.2. The van der Waals surface area contributed by atoms with E-state index in [0.29, 0.717) is 43.9 Å². The van der Waals surface area contributed by atoms with Crippen molar-refractivity contribution >= 4 is 21.7 Å². The summed E-state index contributed by atoms with van der Waals surface area (Å²) in [6.07, 6.45) is 0.495. The molecule has 0 spiro atoms. The molecule has 2 saturated heterocycles. The van der Waals surface area contributed by atoms with E-state index >= 15 is 0 Å². The number of sulfone groups is 1. The van der Waals surface area contributed by atoms with Gasteiger partial charge in [0.2, 0.25) is 0 Å². The molecule has 0 bridgehead atoms. The van der Waals surface area contributed by atoms with E-state index in [1.165, 1.54) is 0 Å². The van der Waals surface area contributed by atoms with Gasteiger partial charge in [-0.05, 0) is 44.5 Å². The fraction of sp³-hybridized carbons (Fsp3) is 0.600. The molecule has 1 aromatic carbocycles. The molecule has 2 heterocycles. The van der Waals surface area contributed by atoms with Crippen molar-refractivity contribution in [3.05, 3.63) is 29.8 Å². The van der Waals surface area contributed by atoms with Crippen LogP contribution in [0.2, 0.25) is 0 Å². The lowest BCUT2D eigenvalue weighted by Gasteiger charge is -2.37. The summed E-state index contributed by atoms with van der Waals surface area (Å²) in [4.78, 5) is 28.2. The van der Waals surface area contributed by atoms with Crippen molar-refractivity contribution in [2.24, 2.45) is 0 Å². The topological polar surface area (TPSA) is 93.2 Å². The van der Waals surface area contributed by atoms with Gasteiger partial charge >= 0.3 is 5.97 Å². The number of nitrogens with zero attached hydrogens (tertiary/aromatic N) is 2. The van der Waals surface area contributed by atoms with Crippen molar-refractivity contribution in [1.29, 1.82) is 0 Å². The van der Waals surface area contributed by atoms with Crippen molar-refractivity contribution < 1.29 is 27.5 Å². The number of rotatable bonds is 6. The second-order valence-corrected chi connectivity index (χ2v) is 9.97. The number of amides is 1. The second kappa shape index (κ2) is 9.13. The zero-order valence-corrected chi connectivity index (χ0v) is 17.7. The lowest BCUT2D eigenvalue weighted by atomic mass is 10.2. The molecule has 1 unspecified atom stereocenters. The van der Waals surface area contributed by atoms with Crippen molar-refractivity contribution in [2.45, 2.75) is 32.4 Å². The zero-order valence-electron chi connectivity index (χ0n) is 16.9. The molecular weight excluding hydrogens is 396 g/mol. The normalized spacial score (nSPS) is 21.9. The van der Waals surface area contributed by atoms with Gasteiger partial charge in [-0.25, -0.2) is 13.2 Å². The third-order valence-electron chi connectivity index (χ3n) is 5.19. The molecule has 0 aliphatic carbocycles. The molecule has 0 aromatic heterocycles. The maximum atomic E-state index is 12.4. The quantitative estimate of drug-likeness (QED) is 0.628. The molecule has 9 heteroatoms. The number of hydrogen-bond donors (Lipinski definition) is 0. The molecule has 1 atom stereocenters. The zero-order chi connectivity index (χ0) is 21.0. The number of piperazine rings is 1. The Balaban J connectivity index is 1.43. The molecule has 3 rings (SSSR count). The molecule has 0 radical (unpaired) electrons. The summed E-state index contributed by atoms with van der Waals surface area (Å²) < 4.78 is 34.0. The van der Waals surface area contributed by atoms with Gasteiger partial charge in [0.25, 0.3) is 5.91 Å². The largest absolute Gasteiger partial charge is 0.484 e. The molecule has 0 saturated carbocycles. The Bertz CT molecular complexity index is 829. The first-order valence-corrected chi connectivity index (χ1v) is 11.7. The molecule has 29 heavy (non-hydrogen) atoms. The smallest absolute Gasteiger partial charge is 0.338 e. The molecule has 1 aromatic rings. The Labute approximate surface area is 171 Å². The van der Waals surface area contributed by atoms with E-state index in [4.69, 9.17) is 9.47 Å². The molecule has 2 fully saturated rings. The van der Waals surface area contributed by atoms with E-state index < -0.39 is 15.8 Å². The van der Waals surface area contributed by atoms with E-state index in [9.17, 15) is 18.0 Å². The van der Waals surface area contributed by atoms with Gasteiger partial charge in [0, 0.05) is 32.2 Å². The van der Waals surface area contributed by atoms with Gasteiger partial charge in [-0.1, -0.05) is 0 Å². The molecule has 2 aliphatic rings.